The highest BCUT2D eigenvalue weighted by atomic mass is 16.4. The second kappa shape index (κ2) is 5.67. The van der Waals surface area contributed by atoms with E-state index in [4.69, 9.17) is 9.52 Å². The highest BCUT2D eigenvalue weighted by molar-refractivity contribution is 5.91. The van der Waals surface area contributed by atoms with E-state index in [1.54, 1.807) is 7.05 Å². The number of rotatable bonds is 3. The van der Waals surface area contributed by atoms with Crippen LogP contribution in [0.25, 0.3) is 0 Å². The monoisotopic (exact) mass is 305 g/mol. The second-order valence-corrected chi connectivity index (χ2v) is 6.18. The van der Waals surface area contributed by atoms with Crippen molar-refractivity contribution < 1.29 is 14.3 Å². The molecule has 0 aliphatic carbocycles. The lowest BCUT2D eigenvalue weighted by Crippen LogP contribution is -2.27. The van der Waals surface area contributed by atoms with Gasteiger partial charge in [-0.25, -0.2) is 0 Å². The molecule has 0 spiro atoms. The average Bonchev–Trinajstić information content (AvgIpc) is 2.89. The third-order valence-corrected chi connectivity index (χ3v) is 3.18. The van der Waals surface area contributed by atoms with Gasteiger partial charge in [-0.05, 0) is 6.07 Å². The van der Waals surface area contributed by atoms with Crippen molar-refractivity contribution in [1.29, 1.82) is 0 Å². The number of aromatic nitrogens is 2. The lowest BCUT2D eigenvalue weighted by molar-refractivity contribution is 0.0748. The van der Waals surface area contributed by atoms with Gasteiger partial charge in [-0.15, -0.1) is 0 Å². The van der Waals surface area contributed by atoms with Crippen molar-refractivity contribution in [2.75, 3.05) is 7.05 Å². The largest absolute Gasteiger partial charge is 0.502 e. The fraction of sp³-hybridized carbons (Fsp3) is 0.400. The second-order valence-electron chi connectivity index (χ2n) is 6.18. The van der Waals surface area contributed by atoms with E-state index >= 15 is 0 Å². The summed E-state index contributed by atoms with van der Waals surface area (Å²) in [5.74, 6) is -1.10. The molecule has 2 aromatic heterocycles. The quantitative estimate of drug-likeness (QED) is 0.898. The van der Waals surface area contributed by atoms with Gasteiger partial charge < -0.3 is 14.4 Å². The molecule has 0 saturated heterocycles. The SMILES string of the molecule is CN(Cc1cc(C(C)(C)C)n[nH]1)C(=O)c1cc(=O)c(O)co1. The lowest BCUT2D eigenvalue weighted by atomic mass is 9.92. The van der Waals surface area contributed by atoms with Gasteiger partial charge in [0, 0.05) is 18.5 Å². The summed E-state index contributed by atoms with van der Waals surface area (Å²) in [6.07, 6.45) is 0.858. The Labute approximate surface area is 127 Å². The molecule has 0 radical (unpaired) electrons. The van der Waals surface area contributed by atoms with Crippen LogP contribution in [0.15, 0.2) is 27.6 Å². The summed E-state index contributed by atoms with van der Waals surface area (Å²) in [5, 5.41) is 16.3. The van der Waals surface area contributed by atoms with Crippen LogP contribution in [0.1, 0.15) is 42.7 Å². The number of H-pyrrole nitrogens is 1. The Kier molecular flexibility index (Phi) is 4.07. The van der Waals surface area contributed by atoms with Crippen LogP contribution in [0, 0.1) is 0 Å². The van der Waals surface area contributed by atoms with Crippen molar-refractivity contribution >= 4 is 5.91 Å². The fourth-order valence-corrected chi connectivity index (χ4v) is 1.86. The smallest absolute Gasteiger partial charge is 0.289 e. The molecule has 7 heteroatoms. The molecule has 22 heavy (non-hydrogen) atoms. The van der Waals surface area contributed by atoms with E-state index in [0.29, 0.717) is 6.54 Å². The molecule has 118 valence electrons. The van der Waals surface area contributed by atoms with Gasteiger partial charge in [0.05, 0.1) is 17.9 Å². The van der Waals surface area contributed by atoms with Crippen molar-refractivity contribution in [3.05, 3.63) is 45.8 Å². The van der Waals surface area contributed by atoms with E-state index < -0.39 is 17.1 Å². The van der Waals surface area contributed by atoms with Gasteiger partial charge in [0.25, 0.3) is 5.91 Å². The third kappa shape index (κ3) is 3.36. The zero-order valence-corrected chi connectivity index (χ0v) is 13.0. The molecule has 0 aliphatic heterocycles. The van der Waals surface area contributed by atoms with Gasteiger partial charge in [-0.2, -0.15) is 5.10 Å². The Bertz CT molecular complexity index is 740. The summed E-state index contributed by atoms with van der Waals surface area (Å²) in [6.45, 7) is 6.44. The molecule has 0 saturated carbocycles. The van der Waals surface area contributed by atoms with Crippen LogP contribution in [-0.2, 0) is 12.0 Å². The molecule has 0 unspecified atom stereocenters. The van der Waals surface area contributed by atoms with Crippen molar-refractivity contribution in [3.63, 3.8) is 0 Å². The van der Waals surface area contributed by atoms with Crippen molar-refractivity contribution in [1.82, 2.24) is 15.1 Å². The first-order valence-electron chi connectivity index (χ1n) is 6.80. The summed E-state index contributed by atoms with van der Waals surface area (Å²) in [7, 11) is 1.59. The summed E-state index contributed by atoms with van der Waals surface area (Å²) in [5.41, 5.74) is 0.946. The van der Waals surface area contributed by atoms with Crippen LogP contribution in [0.3, 0.4) is 0 Å². The molecule has 7 nitrogen and oxygen atoms in total. The highest BCUT2D eigenvalue weighted by Crippen LogP contribution is 2.20. The topological polar surface area (TPSA) is 99.4 Å². The Hall–Kier alpha value is -2.57. The van der Waals surface area contributed by atoms with E-state index in [1.807, 2.05) is 26.8 Å². The number of amides is 1. The number of hydrogen-bond donors (Lipinski definition) is 2. The Morgan fingerprint density at radius 3 is 2.64 bits per heavy atom. The molecular weight excluding hydrogens is 286 g/mol. The molecule has 2 aromatic rings. The first kappa shape index (κ1) is 15.8. The number of nitrogens with zero attached hydrogens (tertiary/aromatic N) is 2. The number of carbonyl (C=O) groups is 1. The van der Waals surface area contributed by atoms with Crippen LogP contribution in [0.5, 0.6) is 5.75 Å². The van der Waals surface area contributed by atoms with Crippen molar-refractivity contribution in [3.8, 4) is 5.75 Å². The zero-order valence-electron chi connectivity index (χ0n) is 13.0. The maximum Gasteiger partial charge on any atom is 0.289 e. The Balaban J connectivity index is 2.13. The normalized spacial score (nSPS) is 11.5. The van der Waals surface area contributed by atoms with Crippen LogP contribution < -0.4 is 5.43 Å². The predicted molar refractivity (Wildman–Crippen MR) is 79.7 cm³/mol. The van der Waals surface area contributed by atoms with Crippen LogP contribution in [0.4, 0.5) is 0 Å². The van der Waals surface area contributed by atoms with Gasteiger partial charge in [-0.3, -0.25) is 14.7 Å². The van der Waals surface area contributed by atoms with E-state index in [2.05, 4.69) is 10.2 Å². The molecule has 2 N–H and O–H groups in total. The summed E-state index contributed by atoms with van der Waals surface area (Å²) < 4.78 is 4.95. The Morgan fingerprint density at radius 2 is 2.09 bits per heavy atom. The predicted octanol–water partition coefficient (Wildman–Crippen LogP) is 1.64. The van der Waals surface area contributed by atoms with E-state index in [1.165, 1.54) is 4.90 Å². The number of carbonyl (C=O) groups excluding carboxylic acids is 1. The Morgan fingerprint density at radius 1 is 1.41 bits per heavy atom. The van der Waals surface area contributed by atoms with E-state index in [0.717, 1.165) is 23.7 Å². The first-order chi connectivity index (χ1) is 10.2. The molecule has 2 rings (SSSR count). The first-order valence-corrected chi connectivity index (χ1v) is 6.80. The molecule has 0 aromatic carbocycles. The molecule has 2 heterocycles. The van der Waals surface area contributed by atoms with Gasteiger partial charge in [0.15, 0.2) is 11.5 Å². The van der Waals surface area contributed by atoms with Gasteiger partial charge in [0.1, 0.15) is 6.26 Å². The molecule has 1 amide bonds. The van der Waals surface area contributed by atoms with Crippen molar-refractivity contribution in [2.24, 2.45) is 0 Å². The lowest BCUT2D eigenvalue weighted by Gasteiger charge is -2.15. The van der Waals surface area contributed by atoms with Crippen LogP contribution in [0.2, 0.25) is 0 Å². The maximum atomic E-state index is 12.2. The summed E-state index contributed by atoms with van der Waals surface area (Å²) in [6, 6.07) is 2.87. The minimum atomic E-state index is -0.653. The number of aromatic hydroxyl groups is 1. The van der Waals surface area contributed by atoms with Gasteiger partial charge in [0.2, 0.25) is 5.43 Å². The molecular formula is C15H19N3O4. The highest BCUT2D eigenvalue weighted by Gasteiger charge is 2.20. The van der Waals surface area contributed by atoms with Crippen LogP contribution >= 0.6 is 0 Å². The maximum absolute atomic E-state index is 12.2. The zero-order chi connectivity index (χ0) is 16.5. The minimum Gasteiger partial charge on any atom is -0.502 e. The minimum absolute atomic E-state index is 0.0823. The molecule has 0 bridgehead atoms. The van der Waals surface area contributed by atoms with Crippen LogP contribution in [-0.4, -0.2) is 33.2 Å². The molecule has 0 atom stereocenters. The molecule has 0 aliphatic rings. The fourth-order valence-electron chi connectivity index (χ4n) is 1.86. The van der Waals surface area contributed by atoms with Gasteiger partial charge >= 0.3 is 0 Å². The number of nitrogens with one attached hydrogen (secondary N) is 1. The third-order valence-electron chi connectivity index (χ3n) is 3.18. The van der Waals surface area contributed by atoms with E-state index in [9.17, 15) is 9.59 Å². The number of hydrogen-bond acceptors (Lipinski definition) is 5. The van der Waals surface area contributed by atoms with E-state index in [-0.39, 0.29) is 11.2 Å². The van der Waals surface area contributed by atoms with Gasteiger partial charge in [-0.1, -0.05) is 20.8 Å². The number of aromatic amines is 1. The van der Waals surface area contributed by atoms with Crippen molar-refractivity contribution in [2.45, 2.75) is 32.7 Å². The molecule has 0 fully saturated rings. The summed E-state index contributed by atoms with van der Waals surface area (Å²) in [4.78, 5) is 24.9. The average molecular weight is 305 g/mol. The summed E-state index contributed by atoms with van der Waals surface area (Å²) >= 11 is 0. The standard InChI is InChI=1S/C15H19N3O4/c1-15(2,3)13-5-9(16-17-13)7-18(4)14(21)12-6-10(19)11(20)8-22-12/h5-6,8,20H,7H2,1-4H3,(H,16,17).